The van der Waals surface area contributed by atoms with E-state index in [1.54, 1.807) is 29.5 Å². The molecular weight excluding hydrogens is 306 g/mol. The number of hydrogen-bond donors (Lipinski definition) is 1. The molecule has 7 heteroatoms. The Kier molecular flexibility index (Phi) is 4.41. The summed E-state index contributed by atoms with van der Waals surface area (Å²) in [5.74, 6) is 0.622. The van der Waals surface area contributed by atoms with Gasteiger partial charge < -0.3 is 9.84 Å². The molecule has 0 radical (unpaired) electrons. The maximum atomic E-state index is 10.3. The smallest absolute Gasteiger partial charge is 0.241 e. The molecule has 0 aliphatic heterocycles. The minimum Gasteiger partial charge on any atom is -0.493 e. The molecule has 0 saturated heterocycles. The van der Waals surface area contributed by atoms with E-state index in [1.807, 2.05) is 32.9 Å². The molecule has 3 aromatic rings. The quantitative estimate of drug-likeness (QED) is 0.776. The predicted octanol–water partition coefficient (Wildman–Crippen LogP) is 2.77. The van der Waals surface area contributed by atoms with Crippen molar-refractivity contribution in [3.63, 3.8) is 0 Å². The minimum absolute atomic E-state index is 0.0208. The van der Waals surface area contributed by atoms with Crippen LogP contribution in [0.4, 0.5) is 0 Å². The number of rotatable bonds is 5. The van der Waals surface area contributed by atoms with Crippen molar-refractivity contribution in [2.45, 2.75) is 33.3 Å². The summed E-state index contributed by atoms with van der Waals surface area (Å²) >= 11 is 0. The summed E-state index contributed by atoms with van der Waals surface area (Å²) in [6.45, 7) is 6.10. The molecule has 1 N–H and O–H groups in total. The first kappa shape index (κ1) is 15.9. The van der Waals surface area contributed by atoms with Crippen molar-refractivity contribution in [2.75, 3.05) is 0 Å². The Hall–Kier alpha value is -2.96. The molecule has 124 valence electrons. The summed E-state index contributed by atoms with van der Waals surface area (Å²) in [5, 5.41) is 10.3. The first-order valence-electron chi connectivity index (χ1n) is 7.68. The Labute approximate surface area is 140 Å². The second-order valence-electron chi connectivity index (χ2n) is 5.79. The number of aromatic hydroxyl groups is 1. The molecule has 0 bridgehead atoms. The average Bonchev–Trinajstić information content (AvgIpc) is 2.99. The van der Waals surface area contributed by atoms with Gasteiger partial charge in [-0.05, 0) is 18.9 Å². The van der Waals surface area contributed by atoms with Crippen LogP contribution in [0.1, 0.15) is 36.6 Å². The number of aryl methyl sites for hydroxylation is 1. The molecule has 0 aromatic carbocycles. The summed E-state index contributed by atoms with van der Waals surface area (Å²) < 4.78 is 7.50. The van der Waals surface area contributed by atoms with Gasteiger partial charge in [-0.3, -0.25) is 9.55 Å². The first-order valence-corrected chi connectivity index (χ1v) is 7.68. The summed E-state index contributed by atoms with van der Waals surface area (Å²) in [6, 6.07) is 3.77. The third-order valence-electron chi connectivity index (χ3n) is 3.50. The topological polar surface area (TPSA) is 86.0 Å². The minimum atomic E-state index is -0.0810. The molecule has 0 amide bonds. The van der Waals surface area contributed by atoms with E-state index in [0.717, 1.165) is 11.3 Å². The highest BCUT2D eigenvalue weighted by molar-refractivity contribution is 5.40. The Bertz CT molecular complexity index is 830. The number of hydrogen-bond acceptors (Lipinski definition) is 6. The molecule has 0 aliphatic rings. The van der Waals surface area contributed by atoms with E-state index in [9.17, 15) is 5.11 Å². The van der Waals surface area contributed by atoms with Crippen LogP contribution in [0.2, 0.25) is 0 Å². The summed E-state index contributed by atoms with van der Waals surface area (Å²) in [5.41, 5.74) is 2.34. The van der Waals surface area contributed by atoms with Crippen LogP contribution < -0.4 is 4.74 Å². The van der Waals surface area contributed by atoms with Crippen molar-refractivity contribution in [3.8, 4) is 17.7 Å². The van der Waals surface area contributed by atoms with E-state index in [0.29, 0.717) is 24.0 Å². The molecule has 0 unspecified atom stereocenters. The van der Waals surface area contributed by atoms with Crippen molar-refractivity contribution in [3.05, 3.63) is 53.9 Å². The van der Waals surface area contributed by atoms with Crippen molar-refractivity contribution in [2.24, 2.45) is 0 Å². The Morgan fingerprint density at radius 1 is 1.29 bits per heavy atom. The van der Waals surface area contributed by atoms with Crippen molar-refractivity contribution in [1.29, 1.82) is 0 Å². The zero-order valence-electron chi connectivity index (χ0n) is 13.8. The predicted molar refractivity (Wildman–Crippen MR) is 88.2 cm³/mol. The van der Waals surface area contributed by atoms with Crippen molar-refractivity contribution >= 4 is 0 Å². The van der Waals surface area contributed by atoms with Crippen LogP contribution in [0.3, 0.4) is 0 Å². The third kappa shape index (κ3) is 3.34. The largest absolute Gasteiger partial charge is 0.493 e. The Morgan fingerprint density at radius 2 is 2.12 bits per heavy atom. The summed E-state index contributed by atoms with van der Waals surface area (Å²) in [7, 11) is 0. The standard InChI is InChI=1S/C17H19N5O2/c1-11(2)14-15(23)20-17(22-8-12(3)19-10-22)21-16(14)24-9-13-5-4-6-18-7-13/h4-8,10-11H,9H2,1-3H3,(H,20,21,23). The second kappa shape index (κ2) is 6.66. The van der Waals surface area contributed by atoms with Crippen LogP contribution in [-0.4, -0.2) is 29.6 Å². The van der Waals surface area contributed by atoms with Crippen LogP contribution in [-0.2, 0) is 6.61 Å². The van der Waals surface area contributed by atoms with Crippen LogP contribution in [0.5, 0.6) is 11.8 Å². The van der Waals surface area contributed by atoms with Gasteiger partial charge in [0.2, 0.25) is 17.7 Å². The lowest BCUT2D eigenvalue weighted by atomic mass is 10.1. The number of nitrogens with zero attached hydrogens (tertiary/aromatic N) is 5. The number of imidazole rings is 1. The van der Waals surface area contributed by atoms with Gasteiger partial charge in [0.1, 0.15) is 12.9 Å². The van der Waals surface area contributed by atoms with Gasteiger partial charge in [-0.25, -0.2) is 4.98 Å². The van der Waals surface area contributed by atoms with Crippen molar-refractivity contribution < 1.29 is 9.84 Å². The van der Waals surface area contributed by atoms with Gasteiger partial charge in [-0.1, -0.05) is 19.9 Å². The maximum absolute atomic E-state index is 10.3. The summed E-state index contributed by atoms with van der Waals surface area (Å²) in [4.78, 5) is 16.9. The van der Waals surface area contributed by atoms with Gasteiger partial charge in [-0.2, -0.15) is 9.97 Å². The molecule has 3 aromatic heterocycles. The fourth-order valence-corrected chi connectivity index (χ4v) is 2.32. The Morgan fingerprint density at radius 3 is 2.75 bits per heavy atom. The molecule has 7 nitrogen and oxygen atoms in total. The van der Waals surface area contributed by atoms with E-state index in [4.69, 9.17) is 4.74 Å². The first-order chi connectivity index (χ1) is 11.5. The number of ether oxygens (including phenoxy) is 1. The summed E-state index contributed by atoms with van der Waals surface area (Å²) in [6.07, 6.45) is 6.83. The fourth-order valence-electron chi connectivity index (χ4n) is 2.32. The lowest BCUT2D eigenvalue weighted by molar-refractivity contribution is 0.283. The third-order valence-corrected chi connectivity index (χ3v) is 3.50. The SMILES string of the molecule is Cc1cn(-c2nc(O)c(C(C)C)c(OCc3cccnc3)n2)cn1. The van der Waals surface area contributed by atoms with Gasteiger partial charge in [0.05, 0.1) is 11.3 Å². The number of aromatic nitrogens is 5. The van der Waals surface area contributed by atoms with E-state index < -0.39 is 0 Å². The molecule has 3 rings (SSSR count). The molecule has 3 heterocycles. The van der Waals surface area contributed by atoms with Gasteiger partial charge >= 0.3 is 0 Å². The average molecular weight is 325 g/mol. The van der Waals surface area contributed by atoms with Gasteiger partial charge in [0.25, 0.3) is 0 Å². The van der Waals surface area contributed by atoms with E-state index in [-0.39, 0.29) is 11.8 Å². The van der Waals surface area contributed by atoms with Crippen LogP contribution in [0.25, 0.3) is 5.95 Å². The zero-order valence-corrected chi connectivity index (χ0v) is 13.8. The molecule has 24 heavy (non-hydrogen) atoms. The van der Waals surface area contributed by atoms with Crippen LogP contribution in [0.15, 0.2) is 37.1 Å². The van der Waals surface area contributed by atoms with Gasteiger partial charge in [-0.15, -0.1) is 0 Å². The number of pyridine rings is 1. The highest BCUT2D eigenvalue weighted by Crippen LogP contribution is 2.32. The van der Waals surface area contributed by atoms with Crippen molar-refractivity contribution in [1.82, 2.24) is 24.5 Å². The zero-order chi connectivity index (χ0) is 17.1. The van der Waals surface area contributed by atoms with E-state index in [2.05, 4.69) is 19.9 Å². The monoisotopic (exact) mass is 325 g/mol. The molecule has 0 aliphatic carbocycles. The maximum Gasteiger partial charge on any atom is 0.241 e. The lowest BCUT2D eigenvalue weighted by Crippen LogP contribution is -2.08. The van der Waals surface area contributed by atoms with Crippen LogP contribution >= 0.6 is 0 Å². The van der Waals surface area contributed by atoms with E-state index >= 15 is 0 Å². The van der Waals surface area contributed by atoms with Gasteiger partial charge in [0.15, 0.2) is 0 Å². The molecule has 0 fully saturated rings. The normalized spacial score (nSPS) is 11.0. The second-order valence-corrected chi connectivity index (χ2v) is 5.79. The molecular formula is C17H19N5O2. The molecule has 0 saturated carbocycles. The van der Waals surface area contributed by atoms with Gasteiger partial charge in [0, 0.05) is 24.2 Å². The molecule has 0 atom stereocenters. The Balaban J connectivity index is 1.96. The highest BCUT2D eigenvalue weighted by Gasteiger charge is 2.19. The highest BCUT2D eigenvalue weighted by atomic mass is 16.5. The molecule has 0 spiro atoms. The fraction of sp³-hybridized carbons (Fsp3) is 0.294. The van der Waals surface area contributed by atoms with Crippen LogP contribution in [0, 0.1) is 6.92 Å². The van der Waals surface area contributed by atoms with E-state index in [1.165, 1.54) is 0 Å². The lowest BCUT2D eigenvalue weighted by Gasteiger charge is -2.15.